The molecule has 1 aromatic heterocycles. The number of aromatic amines is 1. The molecule has 1 atom stereocenters. The fourth-order valence-corrected chi connectivity index (χ4v) is 1.92. The first-order valence-corrected chi connectivity index (χ1v) is 5.88. The van der Waals surface area contributed by atoms with Crippen LogP contribution in [0.15, 0.2) is 6.20 Å². The zero-order valence-corrected chi connectivity index (χ0v) is 10.6. The largest absolute Gasteiger partial charge is 0.469 e. The van der Waals surface area contributed by atoms with Gasteiger partial charge in [-0.2, -0.15) is 5.10 Å². The predicted octanol–water partition coefficient (Wildman–Crippen LogP) is -0.604. The van der Waals surface area contributed by atoms with Crippen molar-refractivity contribution >= 4 is 17.6 Å². The molecule has 0 aromatic carbocycles. The second-order valence-corrected chi connectivity index (χ2v) is 4.22. The van der Waals surface area contributed by atoms with Gasteiger partial charge in [0.1, 0.15) is 5.69 Å². The molecule has 0 saturated carbocycles. The minimum Gasteiger partial charge on any atom is -0.469 e. The number of methoxy groups -OCH3 is 1. The third-order valence-electron chi connectivity index (χ3n) is 2.93. The van der Waals surface area contributed by atoms with Gasteiger partial charge in [-0.1, -0.05) is 0 Å². The molecule has 1 aliphatic rings. The van der Waals surface area contributed by atoms with Gasteiger partial charge >= 0.3 is 5.97 Å². The zero-order valence-electron chi connectivity index (χ0n) is 10.6. The molecule has 1 unspecified atom stereocenters. The lowest BCUT2D eigenvalue weighted by atomic mass is 10.2. The average Bonchev–Trinajstić information content (AvgIpc) is 2.84. The summed E-state index contributed by atoms with van der Waals surface area (Å²) in [5.41, 5.74) is 6.21. The number of nitrogens with one attached hydrogen (secondary N) is 1. The Kier molecular flexibility index (Phi) is 4.00. The topological polar surface area (TPSA) is 111 Å². The molecule has 1 amide bonds. The molecule has 2 rings (SSSR count). The van der Waals surface area contributed by atoms with Crippen molar-refractivity contribution in [3.8, 4) is 0 Å². The van der Waals surface area contributed by atoms with Crippen LogP contribution in [0.4, 0.5) is 5.69 Å². The number of carbonyl (C=O) groups excluding carboxylic acids is 2. The van der Waals surface area contributed by atoms with Crippen LogP contribution in [0.1, 0.15) is 16.9 Å². The summed E-state index contributed by atoms with van der Waals surface area (Å²) in [5, 5.41) is 6.29. The highest BCUT2D eigenvalue weighted by molar-refractivity contribution is 5.97. The van der Waals surface area contributed by atoms with E-state index in [1.807, 2.05) is 0 Å². The summed E-state index contributed by atoms with van der Waals surface area (Å²) >= 11 is 0. The summed E-state index contributed by atoms with van der Waals surface area (Å²) in [7, 11) is 1.32. The Bertz CT molecular complexity index is 473. The summed E-state index contributed by atoms with van der Waals surface area (Å²) in [6.07, 6.45) is 1.16. The molecule has 8 nitrogen and oxygen atoms in total. The lowest BCUT2D eigenvalue weighted by molar-refractivity contribution is -0.145. The molecule has 1 aromatic rings. The van der Waals surface area contributed by atoms with Crippen LogP contribution in [0.5, 0.6) is 0 Å². The van der Waals surface area contributed by atoms with E-state index in [-0.39, 0.29) is 30.1 Å². The van der Waals surface area contributed by atoms with E-state index in [0.29, 0.717) is 25.4 Å². The van der Waals surface area contributed by atoms with E-state index in [1.165, 1.54) is 13.3 Å². The van der Waals surface area contributed by atoms with Gasteiger partial charge in [-0.15, -0.1) is 0 Å². The van der Waals surface area contributed by atoms with Crippen molar-refractivity contribution in [2.75, 3.05) is 32.5 Å². The zero-order chi connectivity index (χ0) is 13.8. The van der Waals surface area contributed by atoms with Crippen molar-refractivity contribution < 1.29 is 19.1 Å². The number of nitrogens with two attached hydrogens (primary N) is 1. The van der Waals surface area contributed by atoms with Crippen LogP contribution in [-0.4, -0.2) is 59.9 Å². The number of aromatic nitrogens is 2. The van der Waals surface area contributed by atoms with E-state index in [9.17, 15) is 9.59 Å². The van der Waals surface area contributed by atoms with Gasteiger partial charge in [0.05, 0.1) is 38.1 Å². The predicted molar refractivity (Wildman–Crippen MR) is 65.3 cm³/mol. The first kappa shape index (κ1) is 13.3. The van der Waals surface area contributed by atoms with Crippen LogP contribution in [0.3, 0.4) is 0 Å². The van der Waals surface area contributed by atoms with Crippen molar-refractivity contribution in [1.82, 2.24) is 15.1 Å². The summed E-state index contributed by atoms with van der Waals surface area (Å²) in [6.45, 7) is 1.16. The van der Waals surface area contributed by atoms with Crippen LogP contribution >= 0.6 is 0 Å². The summed E-state index contributed by atoms with van der Waals surface area (Å²) in [6, 6.07) is 0. The molecule has 0 spiro atoms. The van der Waals surface area contributed by atoms with Gasteiger partial charge in [0.2, 0.25) is 0 Å². The fourth-order valence-electron chi connectivity index (χ4n) is 1.92. The van der Waals surface area contributed by atoms with Crippen molar-refractivity contribution in [2.24, 2.45) is 0 Å². The molecular formula is C11H16N4O4. The Hall–Kier alpha value is -2.09. The summed E-state index contributed by atoms with van der Waals surface area (Å²) < 4.78 is 10.0. The van der Waals surface area contributed by atoms with Crippen molar-refractivity contribution in [1.29, 1.82) is 0 Å². The fraction of sp³-hybridized carbons (Fsp3) is 0.545. The van der Waals surface area contributed by atoms with E-state index in [2.05, 4.69) is 14.9 Å². The lowest BCUT2D eigenvalue weighted by Gasteiger charge is -2.32. The van der Waals surface area contributed by atoms with Gasteiger partial charge in [-0.3, -0.25) is 14.7 Å². The van der Waals surface area contributed by atoms with Crippen molar-refractivity contribution in [3.63, 3.8) is 0 Å². The Morgan fingerprint density at radius 1 is 1.68 bits per heavy atom. The maximum atomic E-state index is 12.2. The highest BCUT2D eigenvalue weighted by Crippen LogP contribution is 2.15. The molecule has 3 N–H and O–H groups in total. The number of morpholine rings is 1. The SMILES string of the molecule is COC(=O)CC1CN(C(=O)c2[nH]ncc2N)CCO1. The number of ether oxygens (including phenoxy) is 2. The maximum absolute atomic E-state index is 12.2. The van der Waals surface area contributed by atoms with Crippen LogP contribution in [0, 0.1) is 0 Å². The quantitative estimate of drug-likeness (QED) is 0.708. The molecule has 8 heteroatoms. The molecule has 104 valence electrons. The number of amides is 1. The summed E-state index contributed by atoms with van der Waals surface area (Å²) in [4.78, 5) is 25.0. The van der Waals surface area contributed by atoms with Crippen LogP contribution < -0.4 is 5.73 Å². The minimum absolute atomic E-state index is 0.124. The Labute approximate surface area is 109 Å². The molecule has 1 fully saturated rings. The highest BCUT2D eigenvalue weighted by Gasteiger charge is 2.28. The Morgan fingerprint density at radius 2 is 2.47 bits per heavy atom. The molecule has 0 bridgehead atoms. The number of hydrogen-bond donors (Lipinski definition) is 2. The lowest BCUT2D eigenvalue weighted by Crippen LogP contribution is -2.46. The normalized spacial score (nSPS) is 19.2. The van der Waals surface area contributed by atoms with Gasteiger partial charge in [0.15, 0.2) is 0 Å². The third-order valence-corrected chi connectivity index (χ3v) is 2.93. The number of H-pyrrole nitrogens is 1. The molecular weight excluding hydrogens is 252 g/mol. The average molecular weight is 268 g/mol. The maximum Gasteiger partial charge on any atom is 0.308 e. The van der Waals surface area contributed by atoms with Gasteiger partial charge in [0.25, 0.3) is 5.91 Å². The smallest absolute Gasteiger partial charge is 0.308 e. The van der Waals surface area contributed by atoms with E-state index in [1.54, 1.807) is 4.90 Å². The van der Waals surface area contributed by atoms with Gasteiger partial charge in [-0.05, 0) is 0 Å². The number of nitrogen functional groups attached to an aromatic ring is 1. The number of rotatable bonds is 3. The monoisotopic (exact) mass is 268 g/mol. The first-order valence-electron chi connectivity index (χ1n) is 5.88. The van der Waals surface area contributed by atoms with E-state index in [4.69, 9.17) is 10.5 Å². The molecule has 0 radical (unpaired) electrons. The molecule has 0 aliphatic carbocycles. The first-order chi connectivity index (χ1) is 9.11. The standard InChI is InChI=1S/C11H16N4O4/c1-18-9(16)4-7-6-15(2-3-19-7)11(17)10-8(12)5-13-14-10/h5,7H,2-4,6,12H2,1H3,(H,13,14). The number of hydrogen-bond acceptors (Lipinski definition) is 6. The second kappa shape index (κ2) is 5.70. The minimum atomic E-state index is -0.361. The molecule has 2 heterocycles. The van der Waals surface area contributed by atoms with E-state index >= 15 is 0 Å². The van der Waals surface area contributed by atoms with Gasteiger partial charge in [-0.25, -0.2) is 0 Å². The van der Waals surface area contributed by atoms with Crippen LogP contribution in [0.25, 0.3) is 0 Å². The van der Waals surface area contributed by atoms with Gasteiger partial charge < -0.3 is 20.1 Å². The molecule has 1 aliphatic heterocycles. The van der Waals surface area contributed by atoms with Crippen molar-refractivity contribution in [2.45, 2.75) is 12.5 Å². The Morgan fingerprint density at radius 3 is 3.11 bits per heavy atom. The van der Waals surface area contributed by atoms with Crippen LogP contribution in [0.2, 0.25) is 0 Å². The van der Waals surface area contributed by atoms with Gasteiger partial charge in [0, 0.05) is 13.1 Å². The highest BCUT2D eigenvalue weighted by atomic mass is 16.5. The number of carbonyl (C=O) groups is 2. The summed E-state index contributed by atoms with van der Waals surface area (Å²) in [5.74, 6) is -0.603. The number of esters is 1. The number of nitrogens with zero attached hydrogens (tertiary/aromatic N) is 2. The Balaban J connectivity index is 1.99. The van der Waals surface area contributed by atoms with E-state index < -0.39 is 0 Å². The number of anilines is 1. The molecule has 19 heavy (non-hydrogen) atoms. The van der Waals surface area contributed by atoms with E-state index in [0.717, 1.165) is 0 Å². The van der Waals surface area contributed by atoms with Crippen LogP contribution in [-0.2, 0) is 14.3 Å². The van der Waals surface area contributed by atoms with Crippen molar-refractivity contribution in [3.05, 3.63) is 11.9 Å². The third kappa shape index (κ3) is 3.02. The molecule has 1 saturated heterocycles. The second-order valence-electron chi connectivity index (χ2n) is 4.22.